The Balaban J connectivity index is 1.80. The molecule has 0 aliphatic rings. The minimum absolute atomic E-state index is 0.150. The number of carbonyl (C=O) groups excluding carboxylic acids is 1. The minimum Gasteiger partial charge on any atom is -0.497 e. The lowest BCUT2D eigenvalue weighted by Crippen LogP contribution is -2.27. The fourth-order valence-corrected chi connectivity index (χ4v) is 4.32. The van der Waals surface area contributed by atoms with E-state index in [1.807, 2.05) is 0 Å². The third-order valence-electron chi connectivity index (χ3n) is 4.86. The Bertz CT molecular complexity index is 1170. The number of sulfonamides is 1. The second kappa shape index (κ2) is 9.09. The van der Waals surface area contributed by atoms with Gasteiger partial charge in [0.2, 0.25) is 0 Å². The van der Waals surface area contributed by atoms with Gasteiger partial charge in [-0.1, -0.05) is 0 Å². The Morgan fingerprint density at radius 3 is 1.94 bits per heavy atom. The molecular formula is C23H24N2O5S. The van der Waals surface area contributed by atoms with E-state index in [0.29, 0.717) is 34.0 Å². The zero-order valence-electron chi connectivity index (χ0n) is 17.7. The summed E-state index contributed by atoms with van der Waals surface area (Å²) in [7, 11) is 0.815. The third kappa shape index (κ3) is 4.80. The van der Waals surface area contributed by atoms with Gasteiger partial charge >= 0.3 is 0 Å². The Kier molecular flexibility index (Phi) is 6.50. The average Bonchev–Trinajstić information content (AvgIpc) is 2.79. The molecule has 0 unspecified atom stereocenters. The third-order valence-corrected chi connectivity index (χ3v) is 6.65. The molecule has 0 fully saturated rings. The van der Waals surface area contributed by atoms with Gasteiger partial charge in [0.1, 0.15) is 11.5 Å². The first-order valence-electron chi connectivity index (χ1n) is 9.45. The smallest absolute Gasteiger partial charge is 0.264 e. The summed E-state index contributed by atoms with van der Waals surface area (Å²) in [5.74, 6) is 0.977. The van der Waals surface area contributed by atoms with Crippen molar-refractivity contribution >= 4 is 27.3 Å². The average molecular weight is 441 g/mol. The van der Waals surface area contributed by atoms with Crippen molar-refractivity contribution in [3.63, 3.8) is 0 Å². The van der Waals surface area contributed by atoms with Gasteiger partial charge in [0, 0.05) is 18.3 Å². The fraction of sp³-hybridized carbons (Fsp3) is 0.174. The molecule has 0 atom stereocenters. The molecule has 0 heterocycles. The van der Waals surface area contributed by atoms with E-state index in [1.54, 1.807) is 68.6 Å². The van der Waals surface area contributed by atoms with Crippen molar-refractivity contribution in [3.05, 3.63) is 77.9 Å². The zero-order valence-corrected chi connectivity index (χ0v) is 18.6. The van der Waals surface area contributed by atoms with E-state index < -0.39 is 10.0 Å². The maximum atomic E-state index is 13.0. The normalized spacial score (nSPS) is 11.0. The predicted octanol–water partition coefficient (Wildman–Crippen LogP) is 4.09. The summed E-state index contributed by atoms with van der Waals surface area (Å²) in [5.41, 5.74) is 2.19. The maximum absolute atomic E-state index is 13.0. The van der Waals surface area contributed by atoms with Gasteiger partial charge in [-0.3, -0.25) is 9.10 Å². The number of benzene rings is 3. The van der Waals surface area contributed by atoms with Gasteiger partial charge in [-0.15, -0.1) is 0 Å². The van der Waals surface area contributed by atoms with Crippen molar-refractivity contribution in [2.75, 3.05) is 30.9 Å². The molecule has 162 valence electrons. The summed E-state index contributed by atoms with van der Waals surface area (Å²) in [6.45, 7) is 1.76. The molecule has 3 aromatic rings. The molecule has 0 aliphatic heterocycles. The Hall–Kier alpha value is -3.52. The van der Waals surface area contributed by atoms with Crippen LogP contribution in [-0.4, -0.2) is 35.6 Å². The molecule has 0 bridgehead atoms. The van der Waals surface area contributed by atoms with Crippen molar-refractivity contribution in [3.8, 4) is 11.5 Å². The second-order valence-corrected chi connectivity index (χ2v) is 8.80. The molecule has 8 heteroatoms. The number of nitrogens with zero attached hydrogens (tertiary/aromatic N) is 1. The van der Waals surface area contributed by atoms with E-state index in [-0.39, 0.29) is 10.8 Å². The highest BCUT2D eigenvalue weighted by Gasteiger charge is 2.23. The zero-order chi connectivity index (χ0) is 22.6. The molecular weight excluding hydrogens is 416 g/mol. The molecule has 31 heavy (non-hydrogen) atoms. The topological polar surface area (TPSA) is 84.9 Å². The second-order valence-electron chi connectivity index (χ2n) is 6.83. The van der Waals surface area contributed by atoms with Crippen molar-refractivity contribution in [1.82, 2.24) is 0 Å². The van der Waals surface area contributed by atoms with Crippen molar-refractivity contribution in [2.45, 2.75) is 11.8 Å². The SMILES string of the molecule is COc1ccc(NC(=O)c2ccc(N(C)S(=O)(=O)c3ccc(OC)cc3)c(C)c2)cc1. The standard InChI is InChI=1S/C23H24N2O5S/c1-16-15-17(23(26)24-18-6-8-19(29-3)9-7-18)5-14-22(16)25(2)31(27,28)21-12-10-20(30-4)11-13-21/h5-15H,1-4H3,(H,24,26). The summed E-state index contributed by atoms with van der Waals surface area (Å²) in [4.78, 5) is 12.7. The van der Waals surface area contributed by atoms with Crippen LogP contribution in [0.2, 0.25) is 0 Å². The molecule has 0 radical (unpaired) electrons. The van der Waals surface area contributed by atoms with Gasteiger partial charge in [0.25, 0.3) is 15.9 Å². The lowest BCUT2D eigenvalue weighted by atomic mass is 10.1. The summed E-state index contributed by atoms with van der Waals surface area (Å²) >= 11 is 0. The predicted molar refractivity (Wildman–Crippen MR) is 121 cm³/mol. The van der Waals surface area contributed by atoms with Crippen LogP contribution in [0.15, 0.2) is 71.6 Å². The highest BCUT2D eigenvalue weighted by atomic mass is 32.2. The monoisotopic (exact) mass is 440 g/mol. The summed E-state index contributed by atoms with van der Waals surface area (Å²) < 4.78 is 37.4. The van der Waals surface area contributed by atoms with Crippen LogP contribution in [0.25, 0.3) is 0 Å². The van der Waals surface area contributed by atoms with Crippen molar-refractivity contribution in [1.29, 1.82) is 0 Å². The Morgan fingerprint density at radius 2 is 1.42 bits per heavy atom. The molecule has 0 spiro atoms. The van der Waals surface area contributed by atoms with Crippen LogP contribution in [0.4, 0.5) is 11.4 Å². The summed E-state index contributed by atoms with van der Waals surface area (Å²) in [5, 5.41) is 2.81. The van der Waals surface area contributed by atoms with Crippen LogP contribution in [0.1, 0.15) is 15.9 Å². The summed E-state index contributed by atoms with van der Waals surface area (Å²) in [6, 6.07) is 18.1. The van der Waals surface area contributed by atoms with Crippen LogP contribution in [0, 0.1) is 6.92 Å². The van der Waals surface area contributed by atoms with Crippen LogP contribution >= 0.6 is 0 Å². The van der Waals surface area contributed by atoms with Crippen molar-refractivity contribution in [2.24, 2.45) is 0 Å². The number of amides is 1. The van der Waals surface area contributed by atoms with Gasteiger partial charge in [-0.2, -0.15) is 0 Å². The number of aryl methyl sites for hydroxylation is 1. The number of carbonyl (C=O) groups is 1. The first-order chi connectivity index (χ1) is 14.8. The first-order valence-corrected chi connectivity index (χ1v) is 10.9. The molecule has 1 amide bonds. The quantitative estimate of drug-likeness (QED) is 0.598. The summed E-state index contributed by atoms with van der Waals surface area (Å²) in [6.07, 6.45) is 0. The van der Waals surface area contributed by atoms with Gasteiger partial charge in [0.05, 0.1) is 24.8 Å². The largest absolute Gasteiger partial charge is 0.497 e. The number of hydrogen-bond acceptors (Lipinski definition) is 5. The van der Waals surface area contributed by atoms with Crippen LogP contribution < -0.4 is 19.1 Å². The van der Waals surface area contributed by atoms with Gasteiger partial charge in [-0.05, 0) is 79.2 Å². The van der Waals surface area contributed by atoms with E-state index >= 15 is 0 Å². The van der Waals surface area contributed by atoms with Gasteiger partial charge < -0.3 is 14.8 Å². The fourth-order valence-electron chi connectivity index (χ4n) is 3.06. The van der Waals surface area contributed by atoms with E-state index in [2.05, 4.69) is 5.32 Å². The number of methoxy groups -OCH3 is 2. The number of rotatable bonds is 7. The van der Waals surface area contributed by atoms with Crippen molar-refractivity contribution < 1.29 is 22.7 Å². The lowest BCUT2D eigenvalue weighted by Gasteiger charge is -2.22. The number of ether oxygens (including phenoxy) is 2. The molecule has 0 aliphatic carbocycles. The van der Waals surface area contributed by atoms with Crippen LogP contribution in [0.5, 0.6) is 11.5 Å². The van der Waals surface area contributed by atoms with Gasteiger partial charge in [0.15, 0.2) is 0 Å². The lowest BCUT2D eigenvalue weighted by molar-refractivity contribution is 0.102. The van der Waals surface area contributed by atoms with E-state index in [0.717, 1.165) is 0 Å². The Morgan fingerprint density at radius 1 is 0.871 bits per heavy atom. The number of anilines is 2. The molecule has 3 aromatic carbocycles. The molecule has 0 aromatic heterocycles. The molecule has 1 N–H and O–H groups in total. The van der Waals surface area contributed by atoms with Gasteiger partial charge in [-0.25, -0.2) is 8.42 Å². The minimum atomic E-state index is -3.76. The molecule has 3 rings (SSSR count). The number of nitrogens with one attached hydrogen (secondary N) is 1. The molecule has 0 saturated heterocycles. The van der Waals surface area contributed by atoms with E-state index in [9.17, 15) is 13.2 Å². The highest BCUT2D eigenvalue weighted by Crippen LogP contribution is 2.27. The molecule has 7 nitrogen and oxygen atoms in total. The number of hydrogen-bond donors (Lipinski definition) is 1. The Labute approximate surface area is 182 Å². The highest BCUT2D eigenvalue weighted by molar-refractivity contribution is 7.92. The van der Waals surface area contributed by atoms with E-state index in [4.69, 9.17) is 9.47 Å². The van der Waals surface area contributed by atoms with Crippen LogP contribution in [0.3, 0.4) is 0 Å². The molecule has 0 saturated carbocycles. The van der Waals surface area contributed by atoms with E-state index in [1.165, 1.54) is 30.6 Å². The first kappa shape index (κ1) is 22.2. The maximum Gasteiger partial charge on any atom is 0.264 e. The van der Waals surface area contributed by atoms with Crippen LogP contribution in [-0.2, 0) is 10.0 Å².